The Hall–Kier alpha value is 1.88. The largest absolute Gasteiger partial charge is 5.00 e. The maximum atomic E-state index is 0. The van der Waals surface area contributed by atoms with E-state index < -0.39 is 0 Å². The molecule has 0 atom stereocenters. The van der Waals surface area contributed by atoms with Gasteiger partial charge in [-0.25, -0.2) is 0 Å². The zero-order valence-electron chi connectivity index (χ0n) is 3.58. The molecular formula is H4CeO6Ta. The van der Waals surface area contributed by atoms with Crippen molar-refractivity contribution in [3.8, 4) is 0 Å². The van der Waals surface area contributed by atoms with E-state index in [0.717, 1.165) is 0 Å². The van der Waals surface area contributed by atoms with Crippen LogP contribution < -0.4 is 0 Å². The van der Waals surface area contributed by atoms with Crippen molar-refractivity contribution < 1.29 is 97.0 Å². The first-order valence-electron chi connectivity index (χ1n) is 0. The van der Waals surface area contributed by atoms with E-state index in [9.17, 15) is 0 Å². The quantitative estimate of drug-likeness (QED) is 0.416. The Labute approximate surface area is 95.8 Å². The molecule has 0 aromatic heterocycles. The molecule has 0 aromatic rings. The molecule has 0 aliphatic heterocycles. The van der Waals surface area contributed by atoms with Gasteiger partial charge in [-0.15, -0.1) is 0 Å². The van der Waals surface area contributed by atoms with E-state index in [4.69, 9.17) is 0 Å². The number of hydrogen-bond donors (Lipinski definition) is 0. The summed E-state index contributed by atoms with van der Waals surface area (Å²) >= 11 is 0. The van der Waals surface area contributed by atoms with Gasteiger partial charge in [-0.1, -0.05) is 0 Å². The summed E-state index contributed by atoms with van der Waals surface area (Å²) < 4.78 is 0. The topological polar surface area (TPSA) is 177 Å². The van der Waals surface area contributed by atoms with E-state index in [1.165, 1.54) is 0 Å². The maximum Gasteiger partial charge on any atom is 5.00 e. The fourth-order valence-corrected chi connectivity index (χ4v) is 0. The summed E-state index contributed by atoms with van der Waals surface area (Å²) in [6, 6.07) is 0. The van der Waals surface area contributed by atoms with Gasteiger partial charge in [0.2, 0.25) is 0 Å². The van der Waals surface area contributed by atoms with Crippen LogP contribution >= 0.6 is 0 Å². The molecule has 1 radical (unpaired) electrons. The second-order valence-corrected chi connectivity index (χ2v) is 0. The minimum atomic E-state index is 0. The SMILES string of the molecule is O.O.[Ce+3].[O-2].[O-2].[O-2].[O-2].[Ta+5]. The van der Waals surface area contributed by atoms with Crippen molar-refractivity contribution in [2.75, 3.05) is 0 Å². The first kappa shape index (κ1) is 221. The van der Waals surface area contributed by atoms with E-state index in [1.807, 2.05) is 0 Å². The Bertz CT molecular complexity index is 8.49. The molecule has 0 saturated heterocycles. The second-order valence-electron chi connectivity index (χ2n) is 0. The molecule has 0 saturated carbocycles. The molecular weight excluding hydrogens is 417 g/mol. The molecule has 0 bridgehead atoms. The van der Waals surface area contributed by atoms with Gasteiger partial charge in [-0.3, -0.25) is 0 Å². The molecule has 0 amide bonds. The minimum Gasteiger partial charge on any atom is -2.00 e. The smallest absolute Gasteiger partial charge is 2.00 e. The molecule has 8 heteroatoms. The van der Waals surface area contributed by atoms with Crippen LogP contribution in [0.3, 0.4) is 0 Å². The standard InChI is InChI=1S/Ce.2H2O.4O.Ta/h;2*1H2;;;;;/q+3;;;4*-2;+5. The Morgan fingerprint density at radius 2 is 0.500 bits per heavy atom. The summed E-state index contributed by atoms with van der Waals surface area (Å²) in [7, 11) is 0. The van der Waals surface area contributed by atoms with Crippen molar-refractivity contribution in [1.29, 1.82) is 0 Å². The van der Waals surface area contributed by atoms with Gasteiger partial charge in [0.15, 0.2) is 0 Å². The Balaban J connectivity index is 0. The zero-order chi connectivity index (χ0) is 0. The van der Waals surface area contributed by atoms with Crippen LogP contribution in [0.1, 0.15) is 0 Å². The molecule has 0 spiro atoms. The Morgan fingerprint density at radius 3 is 0.500 bits per heavy atom. The fourth-order valence-electron chi connectivity index (χ4n) is 0. The molecule has 0 heterocycles. The van der Waals surface area contributed by atoms with Crippen molar-refractivity contribution in [1.82, 2.24) is 0 Å². The van der Waals surface area contributed by atoms with Gasteiger partial charge in [0.25, 0.3) is 0 Å². The van der Waals surface area contributed by atoms with Crippen LogP contribution in [0.4, 0.5) is 0 Å². The molecule has 0 unspecified atom stereocenters. The normalized spacial score (nSPS) is 0. The van der Waals surface area contributed by atoms with Gasteiger partial charge in [-0.2, -0.15) is 0 Å². The van der Waals surface area contributed by atoms with Gasteiger partial charge in [0.05, 0.1) is 0 Å². The third-order valence-corrected chi connectivity index (χ3v) is 0. The predicted molar refractivity (Wildman–Crippen MR) is 9.97 cm³/mol. The van der Waals surface area contributed by atoms with Crippen LogP contribution in [0.2, 0.25) is 0 Å². The maximum absolute atomic E-state index is 0. The summed E-state index contributed by atoms with van der Waals surface area (Å²) in [6.07, 6.45) is 0. The molecule has 0 aliphatic rings. The summed E-state index contributed by atoms with van der Waals surface area (Å²) in [6.45, 7) is 0. The molecule has 49 valence electrons. The molecule has 0 fully saturated rings. The average Bonchev–Trinajstić information content (AvgIpc) is 0. The van der Waals surface area contributed by atoms with Gasteiger partial charge < -0.3 is 32.9 Å². The van der Waals surface area contributed by atoms with Crippen LogP contribution in [-0.4, -0.2) is 11.0 Å². The second kappa shape index (κ2) is 156. The summed E-state index contributed by atoms with van der Waals surface area (Å²) in [5.41, 5.74) is 0. The average molecular weight is 421 g/mol. The Kier molecular flexibility index (Phi) is 4320. The van der Waals surface area contributed by atoms with Crippen molar-refractivity contribution >= 4 is 0 Å². The predicted octanol–water partition coefficient (Wildman–Crippen LogP) is -2.13. The molecule has 4 N–H and O–H groups in total. The molecule has 0 rings (SSSR count). The third-order valence-electron chi connectivity index (χ3n) is 0. The van der Waals surface area contributed by atoms with E-state index in [0.29, 0.717) is 0 Å². The van der Waals surface area contributed by atoms with E-state index in [1.54, 1.807) is 0 Å². The zero-order valence-corrected chi connectivity index (χ0v) is 9.93. The Morgan fingerprint density at radius 1 is 0.500 bits per heavy atom. The van der Waals surface area contributed by atoms with E-state index in [2.05, 4.69) is 0 Å². The van der Waals surface area contributed by atoms with Crippen molar-refractivity contribution in [2.45, 2.75) is 0 Å². The van der Waals surface area contributed by atoms with Gasteiger partial charge in [0, 0.05) is 0 Å². The van der Waals surface area contributed by atoms with Gasteiger partial charge in [0.1, 0.15) is 0 Å². The molecule has 8 heavy (non-hydrogen) atoms. The van der Waals surface area contributed by atoms with E-state index in [-0.39, 0.29) is 97.0 Å². The number of hydrogen-bond acceptors (Lipinski definition) is 0. The fraction of sp³-hybridized carbons (Fsp3) is 0. The number of rotatable bonds is 0. The minimum absolute atomic E-state index is 0. The van der Waals surface area contributed by atoms with Gasteiger partial charge in [-0.05, 0) is 0 Å². The van der Waals surface area contributed by atoms with Crippen molar-refractivity contribution in [3.05, 3.63) is 0 Å². The van der Waals surface area contributed by atoms with Crippen LogP contribution in [0.25, 0.3) is 0 Å². The third kappa shape index (κ3) is 106. The first-order chi connectivity index (χ1) is 0. The van der Waals surface area contributed by atoms with E-state index >= 15 is 0 Å². The monoisotopic (exact) mass is 421 g/mol. The summed E-state index contributed by atoms with van der Waals surface area (Å²) in [5, 5.41) is 0. The van der Waals surface area contributed by atoms with Crippen LogP contribution in [0, 0.1) is 41.7 Å². The van der Waals surface area contributed by atoms with Crippen LogP contribution in [0.15, 0.2) is 0 Å². The van der Waals surface area contributed by atoms with Crippen molar-refractivity contribution in [2.24, 2.45) is 0 Å². The summed E-state index contributed by atoms with van der Waals surface area (Å²) in [4.78, 5) is 0. The molecule has 0 aromatic carbocycles. The molecule has 6 nitrogen and oxygen atoms in total. The van der Waals surface area contributed by atoms with Crippen molar-refractivity contribution in [3.63, 3.8) is 0 Å². The van der Waals surface area contributed by atoms with Gasteiger partial charge >= 0.3 is 64.1 Å². The summed E-state index contributed by atoms with van der Waals surface area (Å²) in [5.74, 6) is 0. The van der Waals surface area contributed by atoms with Crippen LogP contribution in [-0.2, 0) is 44.3 Å². The molecule has 0 aliphatic carbocycles. The first-order valence-corrected chi connectivity index (χ1v) is 0. The van der Waals surface area contributed by atoms with Crippen LogP contribution in [0.5, 0.6) is 0 Å².